The van der Waals surface area contributed by atoms with Gasteiger partial charge in [0.05, 0.1) is 0 Å². The molecule has 138 valence electrons. The van der Waals surface area contributed by atoms with Gasteiger partial charge in [0, 0.05) is 0 Å². The molecule has 0 heterocycles. The Bertz CT molecular complexity index is 632. The molecule has 1 aromatic rings. The maximum atomic E-state index is 10.9. The van der Waals surface area contributed by atoms with Gasteiger partial charge < -0.3 is 14.0 Å². The molecule has 0 radical (unpaired) electrons. The summed E-state index contributed by atoms with van der Waals surface area (Å²) in [7, 11) is -4.49. The van der Waals surface area contributed by atoms with Gasteiger partial charge in [-0.2, -0.15) is 0 Å². The number of ether oxygens (including phenoxy) is 2. The third-order valence-corrected chi connectivity index (χ3v) is 4.62. The van der Waals surface area contributed by atoms with E-state index in [-0.39, 0.29) is 40.4 Å². The third-order valence-electron chi connectivity index (χ3n) is 3.70. The minimum atomic E-state index is -4.49. The van der Waals surface area contributed by atoms with Crippen LogP contribution in [0.15, 0.2) is 24.3 Å². The van der Waals surface area contributed by atoms with Crippen molar-refractivity contribution in [2.24, 2.45) is 5.41 Å². The summed E-state index contributed by atoms with van der Waals surface area (Å²) in [6, 6.07) is 7.66. The SMILES string of the molecule is CC(Oc1ccc(C(C)(C)CC(C)(C)C)cc1)OC(C)S(=O)(=O)[O-].[Na+]. The standard InChI is InChI=1S/C18H30O5S.Na/c1-13(22-14(2)24(19,20)21)23-16-10-8-15(9-11-16)18(6,7)12-17(3,4)5;/h8-11,13-14H,12H2,1-7H3,(H,19,20,21);/q;+1/p-1. The molecular weight excluding hydrogens is 351 g/mol. The van der Waals surface area contributed by atoms with Crippen molar-refractivity contribution in [3.8, 4) is 5.75 Å². The van der Waals surface area contributed by atoms with E-state index in [1.165, 1.54) is 12.5 Å². The van der Waals surface area contributed by atoms with Crippen LogP contribution in [0.4, 0.5) is 0 Å². The molecule has 0 bridgehead atoms. The zero-order chi connectivity index (χ0) is 18.8. The summed E-state index contributed by atoms with van der Waals surface area (Å²) in [6.07, 6.45) is 0.204. The maximum Gasteiger partial charge on any atom is 1.00 e. The van der Waals surface area contributed by atoms with E-state index in [1.807, 2.05) is 24.3 Å². The van der Waals surface area contributed by atoms with Gasteiger partial charge in [-0.3, -0.25) is 0 Å². The molecule has 1 aromatic carbocycles. The van der Waals surface area contributed by atoms with E-state index in [0.29, 0.717) is 5.75 Å². The Morgan fingerprint density at radius 1 is 1.04 bits per heavy atom. The average Bonchev–Trinajstić information content (AvgIpc) is 2.35. The van der Waals surface area contributed by atoms with Gasteiger partial charge in [0.15, 0.2) is 6.29 Å². The molecule has 0 aromatic heterocycles. The van der Waals surface area contributed by atoms with E-state index in [0.717, 1.165) is 6.42 Å². The zero-order valence-corrected chi connectivity index (χ0v) is 19.4. The van der Waals surface area contributed by atoms with Gasteiger partial charge in [-0.15, -0.1) is 0 Å². The monoisotopic (exact) mass is 380 g/mol. The summed E-state index contributed by atoms with van der Waals surface area (Å²) < 4.78 is 43.1. The molecule has 0 saturated heterocycles. The molecule has 0 fully saturated rings. The van der Waals surface area contributed by atoms with Crippen LogP contribution >= 0.6 is 0 Å². The molecule has 0 aliphatic heterocycles. The summed E-state index contributed by atoms with van der Waals surface area (Å²) in [5, 5.41) is 0. The van der Waals surface area contributed by atoms with Crippen LogP contribution in [0.2, 0.25) is 0 Å². The minimum Gasteiger partial charge on any atom is -0.746 e. The van der Waals surface area contributed by atoms with Crippen LogP contribution in [0, 0.1) is 5.41 Å². The molecule has 7 heteroatoms. The van der Waals surface area contributed by atoms with Gasteiger partial charge in [-0.1, -0.05) is 46.8 Å². The van der Waals surface area contributed by atoms with Crippen LogP contribution in [0.3, 0.4) is 0 Å². The molecule has 0 aliphatic rings. The summed E-state index contributed by atoms with van der Waals surface area (Å²) in [5.74, 6) is 0.563. The fraction of sp³-hybridized carbons (Fsp3) is 0.667. The second kappa shape index (κ2) is 9.20. The van der Waals surface area contributed by atoms with Crippen molar-refractivity contribution in [2.75, 3.05) is 0 Å². The first kappa shape index (κ1) is 24.9. The fourth-order valence-corrected chi connectivity index (χ4v) is 3.26. The van der Waals surface area contributed by atoms with Gasteiger partial charge in [0.2, 0.25) is 0 Å². The molecule has 0 amide bonds. The summed E-state index contributed by atoms with van der Waals surface area (Å²) >= 11 is 0. The van der Waals surface area contributed by atoms with Crippen molar-refractivity contribution < 1.29 is 52.0 Å². The van der Waals surface area contributed by atoms with Crippen molar-refractivity contribution in [2.45, 2.75) is 72.0 Å². The maximum absolute atomic E-state index is 10.9. The first-order valence-electron chi connectivity index (χ1n) is 8.08. The molecule has 2 atom stereocenters. The van der Waals surface area contributed by atoms with E-state index in [9.17, 15) is 13.0 Å². The predicted molar refractivity (Wildman–Crippen MR) is 93.9 cm³/mol. The molecule has 0 saturated carbocycles. The van der Waals surface area contributed by atoms with Crippen molar-refractivity contribution in [3.63, 3.8) is 0 Å². The Balaban J connectivity index is 0.00000576. The Kier molecular flexibility index (Phi) is 9.16. The Hall–Kier alpha value is -0.110. The molecule has 0 aliphatic carbocycles. The molecule has 1 rings (SSSR count). The van der Waals surface area contributed by atoms with Crippen molar-refractivity contribution in [1.29, 1.82) is 0 Å². The normalized spacial score (nSPS) is 15.2. The first-order valence-corrected chi connectivity index (χ1v) is 9.55. The van der Waals surface area contributed by atoms with Crippen LogP contribution in [-0.2, 0) is 20.3 Å². The van der Waals surface area contributed by atoms with Gasteiger partial charge in [-0.05, 0) is 48.8 Å². The van der Waals surface area contributed by atoms with Gasteiger partial charge in [0.25, 0.3) is 0 Å². The Morgan fingerprint density at radius 2 is 1.52 bits per heavy atom. The van der Waals surface area contributed by atoms with Crippen molar-refractivity contribution in [1.82, 2.24) is 0 Å². The number of hydrogen-bond donors (Lipinski definition) is 0. The molecule has 2 unspecified atom stereocenters. The Morgan fingerprint density at radius 3 is 1.92 bits per heavy atom. The zero-order valence-electron chi connectivity index (χ0n) is 16.6. The topological polar surface area (TPSA) is 75.7 Å². The second-order valence-corrected chi connectivity index (χ2v) is 9.68. The van der Waals surface area contributed by atoms with Crippen molar-refractivity contribution >= 4 is 10.1 Å². The first-order chi connectivity index (χ1) is 10.7. The molecule has 5 nitrogen and oxygen atoms in total. The summed E-state index contributed by atoms with van der Waals surface area (Å²) in [6.45, 7) is 13.8. The minimum absolute atomic E-state index is 0. The second-order valence-electron chi connectivity index (χ2n) is 8.03. The number of hydrogen-bond acceptors (Lipinski definition) is 5. The molecule has 25 heavy (non-hydrogen) atoms. The van der Waals surface area contributed by atoms with E-state index in [2.05, 4.69) is 34.6 Å². The molecule has 0 N–H and O–H groups in total. The van der Waals surface area contributed by atoms with E-state index in [1.54, 1.807) is 6.92 Å². The van der Waals surface area contributed by atoms with E-state index < -0.39 is 21.8 Å². The van der Waals surface area contributed by atoms with Gasteiger partial charge in [0.1, 0.15) is 21.3 Å². The van der Waals surface area contributed by atoms with E-state index >= 15 is 0 Å². The summed E-state index contributed by atoms with van der Waals surface area (Å²) in [4.78, 5) is 0. The smallest absolute Gasteiger partial charge is 0.746 e. The van der Waals surface area contributed by atoms with Crippen LogP contribution in [0.25, 0.3) is 0 Å². The van der Waals surface area contributed by atoms with Gasteiger partial charge >= 0.3 is 29.6 Å². The molecular formula is C18H29NaO5S. The van der Waals surface area contributed by atoms with Crippen LogP contribution in [-0.4, -0.2) is 24.7 Å². The van der Waals surface area contributed by atoms with Crippen LogP contribution in [0.1, 0.15) is 60.5 Å². The van der Waals surface area contributed by atoms with Crippen molar-refractivity contribution in [3.05, 3.63) is 29.8 Å². The van der Waals surface area contributed by atoms with Gasteiger partial charge in [-0.25, -0.2) is 8.42 Å². The quantitative estimate of drug-likeness (QED) is 0.401. The Labute approximate surface area is 174 Å². The molecule has 0 spiro atoms. The fourth-order valence-electron chi connectivity index (χ4n) is 2.97. The van der Waals surface area contributed by atoms with Crippen LogP contribution in [0.5, 0.6) is 5.75 Å². The number of benzene rings is 1. The third kappa shape index (κ3) is 8.89. The summed E-state index contributed by atoms with van der Waals surface area (Å²) in [5.41, 5.74) is 0.0109. The number of rotatable bonds is 7. The largest absolute Gasteiger partial charge is 1.00 e. The van der Waals surface area contributed by atoms with Crippen LogP contribution < -0.4 is 34.3 Å². The average molecular weight is 380 g/mol. The predicted octanol–water partition coefficient (Wildman–Crippen LogP) is 1.04. The van der Waals surface area contributed by atoms with E-state index in [4.69, 9.17) is 9.47 Å².